The third-order valence-corrected chi connectivity index (χ3v) is 5.91. The number of allylic oxidation sites excluding steroid dienone is 1. The molecule has 0 aliphatic heterocycles. The van der Waals surface area contributed by atoms with E-state index in [2.05, 4.69) is 5.32 Å². The maximum absolute atomic E-state index is 12.6. The van der Waals surface area contributed by atoms with Gasteiger partial charge in [-0.1, -0.05) is 30.3 Å². The van der Waals surface area contributed by atoms with Crippen LogP contribution in [0.2, 0.25) is 0 Å². The van der Waals surface area contributed by atoms with Crippen LogP contribution in [0.25, 0.3) is 27.7 Å². The summed E-state index contributed by atoms with van der Waals surface area (Å²) in [6, 6.07) is 19.5. The highest BCUT2D eigenvalue weighted by atomic mass is 16.5. The summed E-state index contributed by atoms with van der Waals surface area (Å²) < 4.78 is 22.2. The average molecular weight is 472 g/mol. The van der Waals surface area contributed by atoms with E-state index in [1.165, 1.54) is 0 Å². The lowest BCUT2D eigenvalue weighted by Gasteiger charge is -2.11. The minimum absolute atomic E-state index is 0.162. The molecule has 0 atom stereocenters. The van der Waals surface area contributed by atoms with E-state index in [4.69, 9.17) is 18.6 Å². The minimum Gasteiger partial charge on any atom is -0.497 e. The van der Waals surface area contributed by atoms with Crippen molar-refractivity contribution in [1.29, 1.82) is 0 Å². The van der Waals surface area contributed by atoms with Crippen molar-refractivity contribution in [2.24, 2.45) is 0 Å². The highest BCUT2D eigenvalue weighted by molar-refractivity contribution is 6.01. The van der Waals surface area contributed by atoms with E-state index in [9.17, 15) is 4.79 Å². The van der Waals surface area contributed by atoms with Crippen molar-refractivity contribution in [2.75, 3.05) is 27.9 Å². The van der Waals surface area contributed by atoms with Gasteiger partial charge in [-0.15, -0.1) is 0 Å². The van der Waals surface area contributed by atoms with Gasteiger partial charge in [-0.05, 0) is 48.7 Å². The lowest BCUT2D eigenvalue weighted by molar-refractivity contribution is -0.116. The Morgan fingerprint density at radius 1 is 0.914 bits per heavy atom. The van der Waals surface area contributed by atoms with E-state index in [1.54, 1.807) is 33.7 Å². The normalized spacial score (nSPS) is 11.4. The number of methoxy groups -OCH3 is 3. The fraction of sp³-hybridized carbons (Fsp3) is 0.207. The number of rotatable bonds is 9. The van der Waals surface area contributed by atoms with E-state index in [-0.39, 0.29) is 5.91 Å². The summed E-state index contributed by atoms with van der Waals surface area (Å²) in [4.78, 5) is 12.6. The van der Waals surface area contributed by atoms with Crippen LogP contribution in [0.3, 0.4) is 0 Å². The molecule has 0 fully saturated rings. The maximum atomic E-state index is 12.6. The van der Waals surface area contributed by atoms with Crippen LogP contribution in [0, 0.1) is 0 Å². The Morgan fingerprint density at radius 2 is 1.71 bits per heavy atom. The van der Waals surface area contributed by atoms with Crippen LogP contribution in [0.15, 0.2) is 77.4 Å². The molecule has 6 nitrogen and oxygen atoms in total. The van der Waals surface area contributed by atoms with Gasteiger partial charge in [0.1, 0.15) is 22.8 Å². The van der Waals surface area contributed by atoms with Crippen molar-refractivity contribution in [3.8, 4) is 28.4 Å². The molecule has 6 heteroatoms. The van der Waals surface area contributed by atoms with Gasteiger partial charge in [-0.3, -0.25) is 4.79 Å². The number of ether oxygens (including phenoxy) is 3. The molecule has 4 aromatic rings. The molecule has 0 aliphatic rings. The summed E-state index contributed by atoms with van der Waals surface area (Å²) >= 11 is 0. The molecule has 1 aromatic heterocycles. The Bertz CT molecular complexity index is 1370. The number of benzene rings is 3. The zero-order chi connectivity index (χ0) is 24.8. The van der Waals surface area contributed by atoms with Crippen LogP contribution in [-0.4, -0.2) is 33.8 Å². The van der Waals surface area contributed by atoms with Crippen molar-refractivity contribution in [1.82, 2.24) is 5.32 Å². The fourth-order valence-corrected chi connectivity index (χ4v) is 4.09. The zero-order valence-electron chi connectivity index (χ0n) is 20.4. The molecule has 1 amide bonds. The summed E-state index contributed by atoms with van der Waals surface area (Å²) in [6.45, 7) is 2.42. The Morgan fingerprint density at radius 3 is 2.49 bits per heavy atom. The second-order valence-corrected chi connectivity index (χ2v) is 8.12. The number of furan rings is 1. The van der Waals surface area contributed by atoms with Crippen LogP contribution in [-0.2, 0) is 11.2 Å². The highest BCUT2D eigenvalue weighted by Crippen LogP contribution is 2.40. The third-order valence-electron chi connectivity index (χ3n) is 5.91. The SMILES string of the molecule is COc1cccc(CCNC(=O)/C=C(\C)c2cc3c(-c4ccccc4OC)coc3cc2OC)c1. The molecule has 1 N–H and O–H groups in total. The first-order valence-electron chi connectivity index (χ1n) is 11.4. The van der Waals surface area contributed by atoms with Crippen LogP contribution in [0.4, 0.5) is 0 Å². The second kappa shape index (κ2) is 10.8. The van der Waals surface area contributed by atoms with E-state index >= 15 is 0 Å². The van der Waals surface area contributed by atoms with Gasteiger partial charge in [0, 0.05) is 40.8 Å². The number of nitrogens with one attached hydrogen (secondary N) is 1. The lowest BCUT2D eigenvalue weighted by Crippen LogP contribution is -2.23. The topological polar surface area (TPSA) is 69.9 Å². The van der Waals surface area contributed by atoms with Crippen LogP contribution in [0.5, 0.6) is 17.2 Å². The van der Waals surface area contributed by atoms with E-state index in [0.717, 1.165) is 44.7 Å². The number of hydrogen-bond donors (Lipinski definition) is 1. The van der Waals surface area contributed by atoms with Crippen molar-refractivity contribution < 1.29 is 23.4 Å². The van der Waals surface area contributed by atoms with Crippen LogP contribution in [0.1, 0.15) is 18.1 Å². The van der Waals surface area contributed by atoms with Gasteiger partial charge < -0.3 is 23.9 Å². The first-order valence-corrected chi connectivity index (χ1v) is 11.4. The Balaban J connectivity index is 1.57. The van der Waals surface area contributed by atoms with Gasteiger partial charge in [0.15, 0.2) is 0 Å². The number of amides is 1. The second-order valence-electron chi connectivity index (χ2n) is 8.12. The summed E-state index contributed by atoms with van der Waals surface area (Å²) in [5.74, 6) is 2.04. The molecule has 0 unspecified atom stereocenters. The van der Waals surface area contributed by atoms with Gasteiger partial charge in [0.25, 0.3) is 0 Å². The highest BCUT2D eigenvalue weighted by Gasteiger charge is 2.17. The molecule has 1 heterocycles. The smallest absolute Gasteiger partial charge is 0.244 e. The average Bonchev–Trinajstić information content (AvgIpc) is 3.30. The molecule has 0 saturated heterocycles. The van der Waals surface area contributed by atoms with Crippen LogP contribution >= 0.6 is 0 Å². The van der Waals surface area contributed by atoms with Crippen molar-refractivity contribution in [3.63, 3.8) is 0 Å². The molecular formula is C29H29NO5. The minimum atomic E-state index is -0.162. The number of carbonyl (C=O) groups is 1. The van der Waals surface area contributed by atoms with Gasteiger partial charge in [0.2, 0.25) is 5.91 Å². The standard InChI is InChI=1S/C29H29NO5/c1-19(14-29(31)30-13-12-20-8-7-9-21(15-20)32-2)23-16-24-25(18-35-28(24)17-27(23)34-4)22-10-5-6-11-26(22)33-3/h5-11,14-18H,12-13H2,1-4H3,(H,30,31)/b19-14+. The number of carbonyl (C=O) groups excluding carboxylic acids is 1. The zero-order valence-corrected chi connectivity index (χ0v) is 20.4. The maximum Gasteiger partial charge on any atom is 0.244 e. The van der Waals surface area contributed by atoms with Crippen molar-refractivity contribution in [3.05, 3.63) is 84.1 Å². The quantitative estimate of drug-likeness (QED) is 0.308. The molecule has 0 aliphatic carbocycles. The van der Waals surface area contributed by atoms with Crippen molar-refractivity contribution >= 4 is 22.4 Å². The Kier molecular flexibility index (Phi) is 7.41. The van der Waals surface area contributed by atoms with Crippen molar-refractivity contribution in [2.45, 2.75) is 13.3 Å². The Labute approximate surface area is 205 Å². The number of para-hydroxylation sites is 1. The summed E-state index contributed by atoms with van der Waals surface area (Å²) in [5.41, 5.74) is 5.25. The monoisotopic (exact) mass is 471 g/mol. The molecule has 0 saturated carbocycles. The Hall–Kier alpha value is -4.19. The largest absolute Gasteiger partial charge is 0.497 e. The summed E-state index contributed by atoms with van der Waals surface area (Å²) in [6.07, 6.45) is 4.02. The molecule has 0 bridgehead atoms. The molecule has 4 rings (SSSR count). The first kappa shape index (κ1) is 24.0. The molecule has 0 spiro atoms. The van der Waals surface area contributed by atoms with E-state index in [0.29, 0.717) is 24.3 Å². The molecule has 0 radical (unpaired) electrons. The lowest BCUT2D eigenvalue weighted by atomic mass is 9.98. The fourth-order valence-electron chi connectivity index (χ4n) is 4.09. The van der Waals surface area contributed by atoms with Gasteiger partial charge in [0.05, 0.1) is 27.6 Å². The third kappa shape index (κ3) is 5.32. The first-order chi connectivity index (χ1) is 17.0. The van der Waals surface area contributed by atoms with Gasteiger partial charge >= 0.3 is 0 Å². The molecular weight excluding hydrogens is 442 g/mol. The molecule has 3 aromatic carbocycles. The van der Waals surface area contributed by atoms with Gasteiger partial charge in [-0.2, -0.15) is 0 Å². The predicted octanol–water partition coefficient (Wildman–Crippen LogP) is 5.89. The molecule has 35 heavy (non-hydrogen) atoms. The predicted molar refractivity (Wildman–Crippen MR) is 138 cm³/mol. The van der Waals surface area contributed by atoms with E-state index in [1.807, 2.05) is 67.6 Å². The van der Waals surface area contributed by atoms with E-state index < -0.39 is 0 Å². The summed E-state index contributed by atoms with van der Waals surface area (Å²) in [5, 5.41) is 3.87. The number of hydrogen-bond acceptors (Lipinski definition) is 5. The van der Waals surface area contributed by atoms with Crippen LogP contribution < -0.4 is 19.5 Å². The molecule has 180 valence electrons. The number of fused-ring (bicyclic) bond motifs is 1. The summed E-state index contributed by atoms with van der Waals surface area (Å²) in [7, 11) is 4.90. The van der Waals surface area contributed by atoms with Gasteiger partial charge in [-0.25, -0.2) is 0 Å².